The summed E-state index contributed by atoms with van der Waals surface area (Å²) >= 11 is 5.79. The van der Waals surface area contributed by atoms with Gasteiger partial charge in [-0.3, -0.25) is 0 Å². The number of fused-ring (bicyclic) bond motifs is 1. The van der Waals surface area contributed by atoms with Crippen LogP contribution >= 0.6 is 34.9 Å². The Morgan fingerprint density at radius 1 is 1.25 bits per heavy atom. The minimum absolute atomic E-state index is 0.226. The second kappa shape index (κ2) is 6.73. The lowest BCUT2D eigenvalue weighted by molar-refractivity contribution is 0.170. The molecule has 1 aliphatic rings. The minimum Gasteiger partial charge on any atom is -0.392 e. The van der Waals surface area contributed by atoms with E-state index in [2.05, 4.69) is 36.6 Å². The average molecular weight is 325 g/mol. The molecule has 1 aromatic carbocycles. The first-order valence-corrected chi connectivity index (χ1v) is 10.1. The van der Waals surface area contributed by atoms with Gasteiger partial charge in [-0.2, -0.15) is 23.5 Å². The molecule has 0 radical (unpaired) electrons. The van der Waals surface area contributed by atoms with E-state index in [4.69, 9.17) is 0 Å². The Labute approximate surface area is 133 Å². The van der Waals surface area contributed by atoms with Gasteiger partial charge in [-0.25, -0.2) is 0 Å². The summed E-state index contributed by atoms with van der Waals surface area (Å²) in [5.41, 5.74) is 1.31. The van der Waals surface area contributed by atoms with E-state index in [1.54, 1.807) is 11.3 Å². The number of benzene rings is 1. The highest BCUT2D eigenvalue weighted by molar-refractivity contribution is 8.07. The highest BCUT2D eigenvalue weighted by atomic mass is 32.2. The molecule has 4 heteroatoms. The first-order valence-electron chi connectivity index (χ1n) is 7.16. The number of thioether (sulfide) groups is 2. The summed E-state index contributed by atoms with van der Waals surface area (Å²) in [6.45, 7) is 2.24. The molecule has 3 unspecified atom stereocenters. The third kappa shape index (κ3) is 3.03. The topological polar surface area (TPSA) is 20.2 Å². The molecule has 108 valence electrons. The molecule has 1 fully saturated rings. The van der Waals surface area contributed by atoms with Crippen molar-refractivity contribution in [2.24, 2.45) is 0 Å². The zero-order valence-electron chi connectivity index (χ0n) is 11.6. The van der Waals surface area contributed by atoms with Crippen LogP contribution in [-0.2, 0) is 6.42 Å². The van der Waals surface area contributed by atoms with Gasteiger partial charge >= 0.3 is 0 Å². The zero-order chi connectivity index (χ0) is 13.9. The molecule has 1 N–H and O–H groups in total. The van der Waals surface area contributed by atoms with E-state index in [9.17, 15) is 5.11 Å². The Bertz CT molecular complexity index is 566. The maximum atomic E-state index is 10.7. The van der Waals surface area contributed by atoms with Crippen LogP contribution in [0.5, 0.6) is 0 Å². The number of rotatable bonds is 4. The maximum absolute atomic E-state index is 10.7. The second-order valence-electron chi connectivity index (χ2n) is 5.18. The van der Waals surface area contributed by atoms with Crippen molar-refractivity contribution in [3.63, 3.8) is 0 Å². The van der Waals surface area contributed by atoms with Crippen molar-refractivity contribution in [2.75, 3.05) is 11.5 Å². The summed E-state index contributed by atoms with van der Waals surface area (Å²) in [4.78, 5) is 0. The average Bonchev–Trinajstić information content (AvgIpc) is 2.90. The molecule has 3 rings (SSSR count). The number of hydrogen-bond donors (Lipinski definition) is 1. The van der Waals surface area contributed by atoms with Crippen molar-refractivity contribution in [3.8, 4) is 0 Å². The summed E-state index contributed by atoms with van der Waals surface area (Å²) in [6, 6.07) is 8.51. The van der Waals surface area contributed by atoms with Crippen molar-refractivity contribution < 1.29 is 5.11 Å². The quantitative estimate of drug-likeness (QED) is 0.898. The predicted octanol–water partition coefficient (Wildman–Crippen LogP) is 4.43. The fourth-order valence-corrected chi connectivity index (χ4v) is 6.95. The van der Waals surface area contributed by atoms with Gasteiger partial charge in [0, 0.05) is 33.1 Å². The van der Waals surface area contributed by atoms with Crippen LogP contribution in [0.15, 0.2) is 29.6 Å². The monoisotopic (exact) mass is 324 g/mol. The van der Waals surface area contributed by atoms with Gasteiger partial charge in [0.15, 0.2) is 0 Å². The van der Waals surface area contributed by atoms with Gasteiger partial charge in [-0.1, -0.05) is 25.1 Å². The molecule has 0 aliphatic carbocycles. The molecule has 2 aromatic rings. The summed E-state index contributed by atoms with van der Waals surface area (Å²) < 4.78 is 1.33. The Morgan fingerprint density at radius 3 is 2.90 bits per heavy atom. The molecule has 0 saturated carbocycles. The third-order valence-electron chi connectivity index (χ3n) is 3.86. The molecular weight excluding hydrogens is 304 g/mol. The number of aliphatic hydroxyl groups excluding tert-OH is 1. The van der Waals surface area contributed by atoms with Gasteiger partial charge in [-0.15, -0.1) is 11.3 Å². The Hall–Kier alpha value is -0.160. The van der Waals surface area contributed by atoms with Gasteiger partial charge in [-0.05, 0) is 28.8 Å². The predicted molar refractivity (Wildman–Crippen MR) is 94.3 cm³/mol. The Kier molecular flexibility index (Phi) is 4.97. The van der Waals surface area contributed by atoms with Crippen LogP contribution in [0, 0.1) is 0 Å². The molecule has 0 bridgehead atoms. The van der Waals surface area contributed by atoms with Crippen LogP contribution in [0.1, 0.15) is 18.9 Å². The normalized spacial score (nSPS) is 24.9. The number of aliphatic hydroxyl groups is 1. The van der Waals surface area contributed by atoms with Crippen LogP contribution < -0.4 is 0 Å². The molecule has 1 aromatic heterocycles. The third-order valence-corrected chi connectivity index (χ3v) is 8.27. The largest absolute Gasteiger partial charge is 0.392 e. The summed E-state index contributed by atoms with van der Waals surface area (Å²) in [5.74, 6) is 2.40. The Balaban J connectivity index is 1.76. The summed E-state index contributed by atoms with van der Waals surface area (Å²) in [5, 5.41) is 15.2. The fourth-order valence-electron chi connectivity index (χ4n) is 2.83. The lowest BCUT2D eigenvalue weighted by atomic mass is 10.0. The highest BCUT2D eigenvalue weighted by Crippen LogP contribution is 2.37. The molecule has 20 heavy (non-hydrogen) atoms. The molecule has 0 spiro atoms. The van der Waals surface area contributed by atoms with Crippen LogP contribution in [0.25, 0.3) is 10.1 Å². The van der Waals surface area contributed by atoms with Crippen molar-refractivity contribution in [1.29, 1.82) is 0 Å². The van der Waals surface area contributed by atoms with E-state index in [1.807, 2.05) is 23.5 Å². The lowest BCUT2D eigenvalue weighted by Gasteiger charge is -2.33. The fraction of sp³-hybridized carbons (Fsp3) is 0.500. The van der Waals surface area contributed by atoms with Crippen LogP contribution in [0.2, 0.25) is 0 Å². The first-order chi connectivity index (χ1) is 9.79. The van der Waals surface area contributed by atoms with Crippen LogP contribution in [0.3, 0.4) is 0 Å². The summed E-state index contributed by atoms with van der Waals surface area (Å²) in [7, 11) is 0. The standard InChI is InChI=1S/C16H20OS3/c1-2-14-16(19-8-7-18-14)13(17)9-11-10-20-15-6-4-3-5-12(11)15/h3-6,10,13-14,16-17H,2,7-9H2,1H3. The molecule has 3 atom stereocenters. The lowest BCUT2D eigenvalue weighted by Crippen LogP contribution is -2.37. The SMILES string of the molecule is CCC1SCCSC1C(O)Cc1csc2ccccc12. The van der Waals surface area contributed by atoms with E-state index in [-0.39, 0.29) is 6.10 Å². The van der Waals surface area contributed by atoms with E-state index in [1.165, 1.54) is 27.2 Å². The van der Waals surface area contributed by atoms with Crippen LogP contribution in [-0.4, -0.2) is 33.2 Å². The van der Waals surface area contributed by atoms with Gasteiger partial charge in [0.25, 0.3) is 0 Å². The molecule has 1 aliphatic heterocycles. The smallest absolute Gasteiger partial charge is 0.0710 e. The van der Waals surface area contributed by atoms with Crippen molar-refractivity contribution in [1.82, 2.24) is 0 Å². The van der Waals surface area contributed by atoms with Gasteiger partial charge in [0.2, 0.25) is 0 Å². The highest BCUT2D eigenvalue weighted by Gasteiger charge is 2.31. The molecular formula is C16H20OS3. The van der Waals surface area contributed by atoms with E-state index in [0.29, 0.717) is 10.5 Å². The van der Waals surface area contributed by atoms with E-state index >= 15 is 0 Å². The molecule has 1 saturated heterocycles. The van der Waals surface area contributed by atoms with E-state index in [0.717, 1.165) is 12.8 Å². The molecule has 1 nitrogen and oxygen atoms in total. The summed E-state index contributed by atoms with van der Waals surface area (Å²) in [6.07, 6.45) is 1.72. The van der Waals surface area contributed by atoms with E-state index < -0.39 is 0 Å². The zero-order valence-corrected chi connectivity index (χ0v) is 14.1. The first kappa shape index (κ1) is 14.8. The minimum atomic E-state index is -0.226. The number of hydrogen-bond acceptors (Lipinski definition) is 4. The number of thiophene rings is 1. The Morgan fingerprint density at radius 2 is 2.05 bits per heavy atom. The van der Waals surface area contributed by atoms with Gasteiger partial charge in [0.05, 0.1) is 6.10 Å². The van der Waals surface area contributed by atoms with Crippen molar-refractivity contribution >= 4 is 44.9 Å². The van der Waals surface area contributed by atoms with Crippen molar-refractivity contribution in [3.05, 3.63) is 35.2 Å². The van der Waals surface area contributed by atoms with Gasteiger partial charge in [0.1, 0.15) is 0 Å². The van der Waals surface area contributed by atoms with Gasteiger partial charge < -0.3 is 5.11 Å². The van der Waals surface area contributed by atoms with Crippen LogP contribution in [0.4, 0.5) is 0 Å². The molecule has 0 amide bonds. The maximum Gasteiger partial charge on any atom is 0.0710 e. The second-order valence-corrected chi connectivity index (χ2v) is 8.73. The van der Waals surface area contributed by atoms with Crippen molar-refractivity contribution in [2.45, 2.75) is 36.4 Å². The molecule has 2 heterocycles.